The lowest BCUT2D eigenvalue weighted by Crippen LogP contribution is -2.36. The summed E-state index contributed by atoms with van der Waals surface area (Å²) in [4.78, 5) is 39.9. The number of hydrogen-bond acceptors (Lipinski definition) is 4. The maximum absolute atomic E-state index is 13.6. The quantitative estimate of drug-likeness (QED) is 0.146. The van der Waals surface area contributed by atoms with Crippen molar-refractivity contribution in [2.75, 3.05) is 20.2 Å². The molecule has 0 fully saturated rings. The van der Waals surface area contributed by atoms with E-state index in [-0.39, 0.29) is 32.1 Å². The highest BCUT2D eigenvalue weighted by molar-refractivity contribution is 6.16. The van der Waals surface area contributed by atoms with Crippen LogP contribution in [0.3, 0.4) is 0 Å². The molecular weight excluding hydrogens is 516 g/mol. The number of carboxylic acid groups (broad SMARTS) is 1. The highest BCUT2D eigenvalue weighted by atomic mass is 16.5. The molecule has 3 rings (SSSR count). The zero-order chi connectivity index (χ0) is 29.2. The van der Waals surface area contributed by atoms with Gasteiger partial charge in [-0.2, -0.15) is 0 Å². The van der Waals surface area contributed by atoms with E-state index in [1.165, 1.54) is 0 Å². The summed E-state index contributed by atoms with van der Waals surface area (Å²) in [5, 5.41) is 9.60. The number of ketones is 1. The van der Waals surface area contributed by atoms with Gasteiger partial charge < -0.3 is 19.3 Å². The van der Waals surface area contributed by atoms with Crippen molar-refractivity contribution in [1.82, 2.24) is 9.47 Å². The second-order valence-electron chi connectivity index (χ2n) is 11.4. The molecule has 0 atom stereocenters. The van der Waals surface area contributed by atoms with Gasteiger partial charge in [-0.25, -0.2) is 0 Å². The van der Waals surface area contributed by atoms with Gasteiger partial charge in [0.05, 0.1) is 12.6 Å². The van der Waals surface area contributed by atoms with Gasteiger partial charge in [0.1, 0.15) is 12.3 Å². The minimum absolute atomic E-state index is 0. The topological polar surface area (TPSA) is 88.8 Å². The Hall–Kier alpha value is -3.61. The second-order valence-corrected chi connectivity index (χ2v) is 11.4. The van der Waals surface area contributed by atoms with Crippen LogP contribution in [0, 0.1) is 11.8 Å². The molecule has 7 heteroatoms. The molecule has 0 saturated heterocycles. The van der Waals surface area contributed by atoms with Crippen LogP contribution in [-0.2, 0) is 22.6 Å². The van der Waals surface area contributed by atoms with E-state index in [9.17, 15) is 14.4 Å². The first kappa shape index (κ1) is 33.6. The second kappa shape index (κ2) is 16.0. The molecule has 0 saturated carbocycles. The summed E-state index contributed by atoms with van der Waals surface area (Å²) >= 11 is 0. The molecule has 7 nitrogen and oxygen atoms in total. The van der Waals surface area contributed by atoms with Crippen molar-refractivity contribution in [3.8, 4) is 5.75 Å². The number of aliphatic carboxylic acids is 1. The number of methoxy groups -OCH3 is 1. The van der Waals surface area contributed by atoms with Gasteiger partial charge in [-0.3, -0.25) is 14.4 Å². The van der Waals surface area contributed by atoms with Crippen LogP contribution in [0.5, 0.6) is 5.75 Å². The number of unbranched alkanes of at least 4 members (excludes halogenated alkanes) is 1. The summed E-state index contributed by atoms with van der Waals surface area (Å²) in [6, 6.07) is 13.1. The van der Waals surface area contributed by atoms with Gasteiger partial charge in [0.15, 0.2) is 5.78 Å². The van der Waals surface area contributed by atoms with E-state index in [2.05, 4.69) is 27.7 Å². The third kappa shape index (κ3) is 9.76. The number of rotatable bonds is 16. The number of nitrogens with zero attached hydrogens (tertiary/aromatic N) is 2. The molecule has 41 heavy (non-hydrogen) atoms. The summed E-state index contributed by atoms with van der Waals surface area (Å²) in [5.74, 6) is 0.848. The molecule has 0 unspecified atom stereocenters. The molecule has 0 radical (unpaired) electrons. The fourth-order valence-corrected chi connectivity index (χ4v) is 4.73. The lowest BCUT2D eigenvalue weighted by molar-refractivity contribution is -0.137. The highest BCUT2D eigenvalue weighted by Crippen LogP contribution is 2.28. The fourth-order valence-electron chi connectivity index (χ4n) is 4.73. The maximum Gasteiger partial charge on any atom is 0.303 e. The lowest BCUT2D eigenvalue weighted by atomic mass is 9.99. The molecule has 3 aromatic rings. The Morgan fingerprint density at radius 1 is 0.927 bits per heavy atom. The van der Waals surface area contributed by atoms with Crippen LogP contribution >= 0.6 is 0 Å². The maximum atomic E-state index is 13.6. The number of fused-ring (bicyclic) bond motifs is 1. The summed E-state index contributed by atoms with van der Waals surface area (Å²) < 4.78 is 7.33. The number of aryl methyl sites for hydroxylation is 1. The first-order chi connectivity index (χ1) is 19.1. The van der Waals surface area contributed by atoms with Crippen molar-refractivity contribution in [3.63, 3.8) is 0 Å². The van der Waals surface area contributed by atoms with Crippen molar-refractivity contribution in [1.29, 1.82) is 0 Å². The van der Waals surface area contributed by atoms with Gasteiger partial charge in [0, 0.05) is 48.3 Å². The minimum atomic E-state index is -0.779. The van der Waals surface area contributed by atoms with E-state index in [1.54, 1.807) is 13.3 Å². The third-order valence-electron chi connectivity index (χ3n) is 7.27. The summed E-state index contributed by atoms with van der Waals surface area (Å²) in [5.41, 5.74) is 2.99. The molecule has 0 aliphatic carbocycles. The number of ether oxygens (including phenoxy) is 1. The number of carbonyl (C=O) groups is 3. The van der Waals surface area contributed by atoms with Crippen LogP contribution in [0.2, 0.25) is 0 Å². The number of carbonyl (C=O) groups excluding carboxylic acids is 2. The van der Waals surface area contributed by atoms with Gasteiger partial charge in [-0.1, -0.05) is 59.4 Å². The Kier molecular flexibility index (Phi) is 13.1. The average Bonchev–Trinajstić information content (AvgIpc) is 3.27. The van der Waals surface area contributed by atoms with E-state index in [1.807, 2.05) is 51.9 Å². The van der Waals surface area contributed by atoms with Gasteiger partial charge in [0.25, 0.3) is 0 Å². The van der Waals surface area contributed by atoms with Gasteiger partial charge in [-0.15, -0.1) is 0 Å². The number of carboxylic acids is 1. The number of hydrogen-bond donors (Lipinski definition) is 1. The van der Waals surface area contributed by atoms with Crippen molar-refractivity contribution in [2.45, 2.75) is 80.2 Å². The van der Waals surface area contributed by atoms with E-state index in [4.69, 9.17) is 9.84 Å². The molecule has 2 aromatic carbocycles. The normalized spacial score (nSPS) is 11.1. The van der Waals surface area contributed by atoms with Crippen LogP contribution in [0.4, 0.5) is 0 Å². The lowest BCUT2D eigenvalue weighted by Gasteiger charge is -2.25. The van der Waals surface area contributed by atoms with Gasteiger partial charge >= 0.3 is 5.97 Å². The van der Waals surface area contributed by atoms with Crippen molar-refractivity contribution >= 4 is 28.6 Å². The Balaban J connectivity index is 0.00000588. The van der Waals surface area contributed by atoms with E-state index < -0.39 is 5.97 Å². The monoisotopic (exact) mass is 564 g/mol. The van der Waals surface area contributed by atoms with Crippen LogP contribution in [0.25, 0.3) is 10.9 Å². The minimum Gasteiger partial charge on any atom is -0.497 e. The molecule has 1 N–H and O–H groups in total. The molecule has 1 heterocycles. The fraction of sp³-hybridized carbons (Fsp3) is 0.500. The Morgan fingerprint density at radius 2 is 1.56 bits per heavy atom. The highest BCUT2D eigenvalue weighted by Gasteiger charge is 2.21. The predicted octanol–water partition coefficient (Wildman–Crippen LogP) is 7.24. The molecular formula is C34H48N2O5. The molecule has 1 amide bonds. The van der Waals surface area contributed by atoms with Crippen molar-refractivity contribution in [2.24, 2.45) is 11.8 Å². The Morgan fingerprint density at radius 3 is 2.12 bits per heavy atom. The summed E-state index contributed by atoms with van der Waals surface area (Å²) in [7, 11) is 1.61. The largest absolute Gasteiger partial charge is 0.497 e. The first-order valence-corrected chi connectivity index (χ1v) is 14.4. The molecule has 0 aliphatic heterocycles. The van der Waals surface area contributed by atoms with E-state index >= 15 is 0 Å². The standard InChI is InChI=1S/C33H44N2O5.CH4/c1-23(2)16-18-34(19-17-24(3)4)31(36)22-35-21-29(28-15-14-27(40-5)20-30(28)35)33(39)26-12-10-25(11-13-26)8-6-7-9-32(37)38;/h10-15,20-21,23-24H,6-9,16-19,22H2,1-5H3,(H,37,38);1H4. The zero-order valence-electron chi connectivity index (χ0n) is 24.6. The van der Waals surface area contributed by atoms with E-state index in [0.717, 1.165) is 55.2 Å². The SMILES string of the molecule is C.COc1ccc2c(C(=O)c3ccc(CCCCC(=O)O)cc3)cn(CC(=O)N(CCC(C)C)CCC(C)C)c2c1. The Labute approximate surface area is 245 Å². The molecule has 224 valence electrons. The van der Waals surface area contributed by atoms with Crippen molar-refractivity contribution < 1.29 is 24.2 Å². The molecule has 0 bridgehead atoms. The molecule has 0 aliphatic rings. The van der Waals surface area contributed by atoms with Crippen molar-refractivity contribution in [3.05, 3.63) is 65.4 Å². The number of amides is 1. The van der Waals surface area contributed by atoms with Gasteiger partial charge in [0.2, 0.25) is 5.91 Å². The zero-order valence-corrected chi connectivity index (χ0v) is 24.6. The predicted molar refractivity (Wildman–Crippen MR) is 166 cm³/mol. The molecule has 1 aromatic heterocycles. The smallest absolute Gasteiger partial charge is 0.303 e. The number of aromatic nitrogens is 1. The average molecular weight is 565 g/mol. The Bertz CT molecular complexity index is 1280. The van der Waals surface area contributed by atoms with Crippen LogP contribution in [0.1, 0.15) is 88.7 Å². The van der Waals surface area contributed by atoms with Crippen LogP contribution < -0.4 is 4.74 Å². The van der Waals surface area contributed by atoms with E-state index in [0.29, 0.717) is 35.1 Å². The first-order valence-electron chi connectivity index (χ1n) is 14.4. The van der Waals surface area contributed by atoms with Gasteiger partial charge in [-0.05, 0) is 61.6 Å². The molecule has 0 spiro atoms. The van der Waals surface area contributed by atoms with Crippen LogP contribution in [0.15, 0.2) is 48.7 Å². The summed E-state index contributed by atoms with van der Waals surface area (Å²) in [6.45, 7) is 10.3. The third-order valence-corrected chi connectivity index (χ3v) is 7.27. The number of benzene rings is 2. The van der Waals surface area contributed by atoms with Crippen LogP contribution in [-0.4, -0.2) is 52.4 Å². The summed E-state index contributed by atoms with van der Waals surface area (Å²) in [6.07, 6.45) is 6.05.